The van der Waals surface area contributed by atoms with Crippen molar-refractivity contribution >= 4 is 15.9 Å². The maximum absolute atomic E-state index is 9.38. The van der Waals surface area contributed by atoms with Crippen LogP contribution in [0.15, 0.2) is 10.5 Å². The van der Waals surface area contributed by atoms with Crippen molar-refractivity contribution in [3.8, 4) is 11.5 Å². The van der Waals surface area contributed by atoms with Crippen LogP contribution in [-0.2, 0) is 6.42 Å². The molecule has 0 fully saturated rings. The Morgan fingerprint density at radius 3 is 2.93 bits per heavy atom. The number of hydrogen-bond acceptors (Lipinski definition) is 3. The Hall–Kier alpha value is -0.740. The summed E-state index contributed by atoms with van der Waals surface area (Å²) in [5.74, 6) is 1.57. The quantitative estimate of drug-likeness (QED) is 0.899. The predicted octanol–water partition coefficient (Wildman–Crippen LogP) is 2.41. The van der Waals surface area contributed by atoms with E-state index in [0.29, 0.717) is 6.42 Å². The van der Waals surface area contributed by atoms with Crippen LogP contribution in [0.4, 0.5) is 0 Å². The average molecular weight is 273 g/mol. The topological polar surface area (TPSA) is 38.7 Å². The van der Waals surface area contributed by atoms with Gasteiger partial charge in [0.05, 0.1) is 6.10 Å². The minimum Gasteiger partial charge on any atom is -0.454 e. The molecular weight excluding hydrogens is 260 g/mol. The summed E-state index contributed by atoms with van der Waals surface area (Å²) in [7, 11) is 0. The standard InChI is InChI=1S/C11H13BrO3/c1-6(13)3-8-4-9-11(15-5-14-9)7(2)10(8)12/h4,6,13H,3,5H2,1-2H3. The normalized spacial score (nSPS) is 15.5. The van der Waals surface area contributed by atoms with Gasteiger partial charge in [-0.15, -0.1) is 0 Å². The van der Waals surface area contributed by atoms with Gasteiger partial charge in [-0.2, -0.15) is 0 Å². The highest BCUT2D eigenvalue weighted by Crippen LogP contribution is 2.41. The zero-order valence-corrected chi connectivity index (χ0v) is 10.3. The Kier molecular flexibility index (Phi) is 2.89. The first-order valence-corrected chi connectivity index (χ1v) is 5.64. The van der Waals surface area contributed by atoms with Crippen LogP contribution >= 0.6 is 15.9 Å². The van der Waals surface area contributed by atoms with Gasteiger partial charge in [-0.05, 0) is 31.9 Å². The maximum atomic E-state index is 9.38. The van der Waals surface area contributed by atoms with E-state index in [1.54, 1.807) is 6.92 Å². The highest BCUT2D eigenvalue weighted by atomic mass is 79.9. The van der Waals surface area contributed by atoms with Crippen molar-refractivity contribution < 1.29 is 14.6 Å². The highest BCUT2D eigenvalue weighted by Gasteiger charge is 2.20. The molecular formula is C11H13BrO3. The monoisotopic (exact) mass is 272 g/mol. The maximum Gasteiger partial charge on any atom is 0.231 e. The molecule has 1 atom stereocenters. The van der Waals surface area contributed by atoms with E-state index in [1.807, 2.05) is 13.0 Å². The van der Waals surface area contributed by atoms with Crippen LogP contribution in [-0.4, -0.2) is 18.0 Å². The summed E-state index contributed by atoms with van der Waals surface area (Å²) in [6, 6.07) is 1.92. The Morgan fingerprint density at radius 2 is 2.27 bits per heavy atom. The van der Waals surface area contributed by atoms with E-state index in [1.165, 1.54) is 0 Å². The van der Waals surface area contributed by atoms with Crippen LogP contribution in [0.5, 0.6) is 11.5 Å². The molecule has 0 radical (unpaired) electrons. The number of hydrogen-bond donors (Lipinski definition) is 1. The largest absolute Gasteiger partial charge is 0.454 e. The number of fused-ring (bicyclic) bond motifs is 1. The highest BCUT2D eigenvalue weighted by molar-refractivity contribution is 9.10. The van der Waals surface area contributed by atoms with Gasteiger partial charge in [-0.25, -0.2) is 0 Å². The molecule has 1 aliphatic rings. The van der Waals surface area contributed by atoms with Crippen molar-refractivity contribution in [3.05, 3.63) is 21.7 Å². The van der Waals surface area contributed by atoms with Crippen molar-refractivity contribution in [2.75, 3.05) is 6.79 Å². The summed E-state index contributed by atoms with van der Waals surface area (Å²) in [6.45, 7) is 4.02. The lowest BCUT2D eigenvalue weighted by molar-refractivity contribution is 0.173. The van der Waals surface area contributed by atoms with Gasteiger partial charge < -0.3 is 14.6 Å². The molecule has 0 bridgehead atoms. The summed E-state index contributed by atoms with van der Waals surface area (Å²) in [5.41, 5.74) is 2.08. The molecule has 1 aliphatic heterocycles. The molecule has 3 nitrogen and oxygen atoms in total. The molecule has 1 unspecified atom stereocenters. The Morgan fingerprint density at radius 1 is 1.53 bits per heavy atom. The molecule has 15 heavy (non-hydrogen) atoms. The van der Waals surface area contributed by atoms with Crippen LogP contribution in [0.25, 0.3) is 0 Å². The predicted molar refractivity (Wildman–Crippen MR) is 60.4 cm³/mol. The number of aliphatic hydroxyl groups excluding tert-OH is 1. The molecule has 0 amide bonds. The zero-order valence-electron chi connectivity index (χ0n) is 8.71. The Bertz CT molecular complexity index is 388. The number of benzene rings is 1. The molecule has 2 rings (SSSR count). The summed E-state index contributed by atoms with van der Waals surface area (Å²) >= 11 is 3.52. The SMILES string of the molecule is Cc1c(Br)c(CC(C)O)cc2c1OCO2. The van der Waals surface area contributed by atoms with Gasteiger partial charge in [-0.3, -0.25) is 0 Å². The van der Waals surface area contributed by atoms with E-state index in [9.17, 15) is 5.11 Å². The Balaban J connectivity index is 2.44. The molecule has 1 aromatic carbocycles. The fourth-order valence-corrected chi connectivity index (χ4v) is 2.17. The smallest absolute Gasteiger partial charge is 0.231 e. The van der Waals surface area contributed by atoms with Gasteiger partial charge in [0.2, 0.25) is 6.79 Å². The molecule has 0 aliphatic carbocycles. The van der Waals surface area contributed by atoms with E-state index in [2.05, 4.69) is 15.9 Å². The van der Waals surface area contributed by atoms with Crippen molar-refractivity contribution in [2.24, 2.45) is 0 Å². The van der Waals surface area contributed by atoms with Gasteiger partial charge in [0, 0.05) is 10.0 Å². The number of ether oxygens (including phenoxy) is 2. The minimum absolute atomic E-state index is 0.279. The number of rotatable bonds is 2. The summed E-state index contributed by atoms with van der Waals surface area (Å²) in [6.07, 6.45) is 0.249. The third kappa shape index (κ3) is 1.96. The van der Waals surface area contributed by atoms with Crippen molar-refractivity contribution in [1.82, 2.24) is 0 Å². The van der Waals surface area contributed by atoms with Crippen molar-refractivity contribution in [3.63, 3.8) is 0 Å². The lowest BCUT2D eigenvalue weighted by Crippen LogP contribution is -2.05. The van der Waals surface area contributed by atoms with E-state index >= 15 is 0 Å². The summed E-state index contributed by atoms with van der Waals surface area (Å²) in [4.78, 5) is 0. The Labute approximate surface area is 97.1 Å². The van der Waals surface area contributed by atoms with Gasteiger partial charge in [0.25, 0.3) is 0 Å². The van der Waals surface area contributed by atoms with Crippen LogP contribution in [0, 0.1) is 6.92 Å². The third-order valence-electron chi connectivity index (χ3n) is 2.41. The van der Waals surface area contributed by atoms with Crippen LogP contribution in [0.2, 0.25) is 0 Å². The lowest BCUT2D eigenvalue weighted by atomic mass is 10.0. The number of halogens is 1. The van der Waals surface area contributed by atoms with Crippen molar-refractivity contribution in [1.29, 1.82) is 0 Å². The summed E-state index contributed by atoms with van der Waals surface area (Å²) in [5, 5.41) is 9.38. The first kappa shape index (κ1) is 10.8. The van der Waals surface area contributed by atoms with Crippen LogP contribution in [0.3, 0.4) is 0 Å². The second kappa shape index (κ2) is 4.02. The molecule has 0 spiro atoms. The third-order valence-corrected chi connectivity index (χ3v) is 3.52. The molecule has 4 heteroatoms. The van der Waals surface area contributed by atoms with Crippen molar-refractivity contribution in [2.45, 2.75) is 26.4 Å². The molecule has 0 saturated carbocycles. The molecule has 0 aromatic heterocycles. The minimum atomic E-state index is -0.360. The van der Waals surface area contributed by atoms with Gasteiger partial charge in [-0.1, -0.05) is 15.9 Å². The molecule has 82 valence electrons. The van der Waals surface area contributed by atoms with E-state index < -0.39 is 0 Å². The number of aliphatic hydroxyl groups is 1. The second-order valence-electron chi connectivity index (χ2n) is 3.76. The lowest BCUT2D eigenvalue weighted by Gasteiger charge is -2.11. The first-order valence-electron chi connectivity index (χ1n) is 4.85. The van der Waals surface area contributed by atoms with E-state index in [0.717, 1.165) is 27.1 Å². The zero-order chi connectivity index (χ0) is 11.0. The molecule has 1 N–H and O–H groups in total. The van der Waals surface area contributed by atoms with Gasteiger partial charge in [0.1, 0.15) is 0 Å². The van der Waals surface area contributed by atoms with E-state index in [-0.39, 0.29) is 12.9 Å². The van der Waals surface area contributed by atoms with Gasteiger partial charge >= 0.3 is 0 Å². The molecule has 1 heterocycles. The van der Waals surface area contributed by atoms with Crippen LogP contribution in [0.1, 0.15) is 18.1 Å². The van der Waals surface area contributed by atoms with Gasteiger partial charge in [0.15, 0.2) is 11.5 Å². The molecule has 1 aromatic rings. The second-order valence-corrected chi connectivity index (χ2v) is 4.55. The fraction of sp³-hybridized carbons (Fsp3) is 0.455. The first-order chi connectivity index (χ1) is 7.09. The molecule has 0 saturated heterocycles. The average Bonchev–Trinajstić information content (AvgIpc) is 2.61. The van der Waals surface area contributed by atoms with Crippen LogP contribution < -0.4 is 9.47 Å². The fourth-order valence-electron chi connectivity index (χ4n) is 1.72. The van der Waals surface area contributed by atoms with E-state index in [4.69, 9.17) is 9.47 Å². The summed E-state index contributed by atoms with van der Waals surface area (Å²) < 4.78 is 11.7.